The minimum absolute atomic E-state index is 0.0279. The molecule has 34 heavy (non-hydrogen) atoms. The van der Waals surface area contributed by atoms with Crippen LogP contribution in [-0.2, 0) is 0 Å². The summed E-state index contributed by atoms with van der Waals surface area (Å²) in [5, 5.41) is 22.3. The van der Waals surface area contributed by atoms with Crippen LogP contribution in [0, 0.1) is 20.2 Å². The van der Waals surface area contributed by atoms with Crippen LogP contribution in [0.2, 0.25) is 0 Å². The summed E-state index contributed by atoms with van der Waals surface area (Å²) in [7, 11) is 1.48. The fraction of sp³-hybridized carbons (Fsp3) is 0.0435. The van der Waals surface area contributed by atoms with Gasteiger partial charge in [0.2, 0.25) is 5.43 Å². The van der Waals surface area contributed by atoms with E-state index in [4.69, 9.17) is 13.9 Å². The molecule has 0 bridgehead atoms. The summed E-state index contributed by atoms with van der Waals surface area (Å²) >= 11 is 0. The summed E-state index contributed by atoms with van der Waals surface area (Å²) in [5.41, 5.74) is -1.03. The van der Waals surface area contributed by atoms with Gasteiger partial charge in [0.05, 0.1) is 39.5 Å². The van der Waals surface area contributed by atoms with E-state index in [1.807, 2.05) is 0 Å². The van der Waals surface area contributed by atoms with Crippen LogP contribution in [0.25, 0.3) is 22.1 Å². The number of nitrogens with zero attached hydrogens (tertiary/aromatic N) is 2. The number of esters is 1. The highest BCUT2D eigenvalue weighted by molar-refractivity contribution is 5.93. The molecule has 11 nitrogen and oxygen atoms in total. The van der Waals surface area contributed by atoms with Crippen molar-refractivity contribution in [2.45, 2.75) is 0 Å². The largest absolute Gasteiger partial charge is 0.496 e. The first-order valence-corrected chi connectivity index (χ1v) is 9.63. The average Bonchev–Trinajstić information content (AvgIpc) is 2.84. The zero-order chi connectivity index (χ0) is 24.4. The summed E-state index contributed by atoms with van der Waals surface area (Å²) in [6.45, 7) is 0. The lowest BCUT2D eigenvalue weighted by Crippen LogP contribution is -2.10. The van der Waals surface area contributed by atoms with Crippen molar-refractivity contribution in [3.8, 4) is 22.6 Å². The number of carbonyl (C=O) groups excluding carboxylic acids is 1. The second-order valence-electron chi connectivity index (χ2n) is 6.98. The first-order chi connectivity index (χ1) is 16.3. The number of nitro benzene ring substituents is 2. The second kappa shape index (κ2) is 8.82. The van der Waals surface area contributed by atoms with Gasteiger partial charge in [-0.15, -0.1) is 0 Å². The van der Waals surface area contributed by atoms with Gasteiger partial charge in [0.25, 0.3) is 11.4 Å². The molecule has 1 heterocycles. The molecule has 0 fully saturated rings. The molecular formula is C23H14N2O9. The maximum absolute atomic E-state index is 13.0. The smallest absolute Gasteiger partial charge is 0.344 e. The van der Waals surface area contributed by atoms with Crippen molar-refractivity contribution in [2.24, 2.45) is 0 Å². The van der Waals surface area contributed by atoms with Gasteiger partial charge in [-0.1, -0.05) is 18.2 Å². The first kappa shape index (κ1) is 22.1. The Hall–Kier alpha value is -5.06. The molecule has 11 heteroatoms. The van der Waals surface area contributed by atoms with E-state index in [0.29, 0.717) is 11.3 Å². The van der Waals surface area contributed by atoms with Crippen molar-refractivity contribution in [2.75, 3.05) is 7.11 Å². The number of nitro groups is 2. The molecule has 4 rings (SSSR count). The standard InChI is InChI=1S/C23H14N2O9/c1-32-20-5-3-2-4-17(20)19-12-33-21-11-16(6-7-18(21)22(19)26)34-23(27)13-8-14(24(28)29)10-15(9-13)25(30)31/h2-12H,1H3. The summed E-state index contributed by atoms with van der Waals surface area (Å²) in [6.07, 6.45) is 1.26. The van der Waals surface area contributed by atoms with Crippen LogP contribution in [0.15, 0.2) is 76.1 Å². The van der Waals surface area contributed by atoms with Gasteiger partial charge >= 0.3 is 5.97 Å². The third kappa shape index (κ3) is 4.17. The predicted octanol–water partition coefficient (Wildman–Crippen LogP) is 4.50. The maximum Gasteiger partial charge on any atom is 0.344 e. The number of non-ortho nitro benzene ring substituents is 2. The maximum atomic E-state index is 13.0. The van der Waals surface area contributed by atoms with Crippen LogP contribution in [-0.4, -0.2) is 22.9 Å². The quantitative estimate of drug-likeness (QED) is 0.174. The normalized spacial score (nSPS) is 10.6. The summed E-state index contributed by atoms with van der Waals surface area (Å²) in [4.78, 5) is 45.9. The van der Waals surface area contributed by atoms with Crippen LogP contribution in [0.3, 0.4) is 0 Å². The Morgan fingerprint density at radius 1 is 0.912 bits per heavy atom. The van der Waals surface area contributed by atoms with E-state index < -0.39 is 27.2 Å². The zero-order valence-corrected chi connectivity index (χ0v) is 17.4. The number of para-hydroxylation sites is 1. The molecule has 170 valence electrons. The van der Waals surface area contributed by atoms with E-state index in [0.717, 1.165) is 18.2 Å². The Kier molecular flexibility index (Phi) is 5.75. The monoisotopic (exact) mass is 462 g/mol. The van der Waals surface area contributed by atoms with Crippen molar-refractivity contribution in [3.63, 3.8) is 0 Å². The molecule has 3 aromatic carbocycles. The number of methoxy groups -OCH3 is 1. The highest BCUT2D eigenvalue weighted by atomic mass is 16.6. The summed E-state index contributed by atoms with van der Waals surface area (Å²) in [5.74, 6) is -0.593. The van der Waals surface area contributed by atoms with E-state index in [2.05, 4.69) is 0 Å². The molecule has 0 amide bonds. The molecule has 0 aliphatic rings. The van der Waals surface area contributed by atoms with E-state index in [1.165, 1.54) is 31.6 Å². The van der Waals surface area contributed by atoms with Crippen molar-refractivity contribution in [1.29, 1.82) is 0 Å². The van der Waals surface area contributed by atoms with Gasteiger partial charge in [0, 0.05) is 23.8 Å². The number of fused-ring (bicyclic) bond motifs is 1. The molecule has 0 saturated carbocycles. The van der Waals surface area contributed by atoms with Gasteiger partial charge in [-0.2, -0.15) is 0 Å². The van der Waals surface area contributed by atoms with Crippen LogP contribution in [0.1, 0.15) is 10.4 Å². The molecule has 0 radical (unpaired) electrons. The lowest BCUT2D eigenvalue weighted by molar-refractivity contribution is -0.394. The third-order valence-corrected chi connectivity index (χ3v) is 4.91. The molecular weight excluding hydrogens is 448 g/mol. The van der Waals surface area contributed by atoms with Crippen LogP contribution in [0.4, 0.5) is 11.4 Å². The lowest BCUT2D eigenvalue weighted by Gasteiger charge is -2.09. The van der Waals surface area contributed by atoms with E-state index in [9.17, 15) is 29.8 Å². The summed E-state index contributed by atoms with van der Waals surface area (Å²) < 4.78 is 16.1. The zero-order valence-electron chi connectivity index (χ0n) is 17.4. The topological polar surface area (TPSA) is 152 Å². The minimum atomic E-state index is -1.06. The lowest BCUT2D eigenvalue weighted by atomic mass is 10.0. The molecule has 0 unspecified atom stereocenters. The predicted molar refractivity (Wildman–Crippen MR) is 119 cm³/mol. The Bertz CT molecular complexity index is 1490. The van der Waals surface area contributed by atoms with E-state index >= 15 is 0 Å². The van der Waals surface area contributed by atoms with Gasteiger partial charge in [0.1, 0.15) is 23.3 Å². The number of hydrogen-bond acceptors (Lipinski definition) is 9. The fourth-order valence-electron chi connectivity index (χ4n) is 3.31. The van der Waals surface area contributed by atoms with E-state index in [1.54, 1.807) is 24.3 Å². The number of rotatable bonds is 6. The second-order valence-corrected chi connectivity index (χ2v) is 6.98. The molecule has 0 saturated heterocycles. The Morgan fingerprint density at radius 3 is 2.24 bits per heavy atom. The summed E-state index contributed by atoms with van der Waals surface area (Å²) in [6, 6.07) is 13.5. The molecule has 0 spiro atoms. The van der Waals surface area contributed by atoms with E-state index in [-0.39, 0.29) is 33.3 Å². The number of ether oxygens (including phenoxy) is 2. The van der Waals surface area contributed by atoms with Gasteiger partial charge in [0.15, 0.2) is 0 Å². The van der Waals surface area contributed by atoms with Crippen LogP contribution < -0.4 is 14.9 Å². The molecule has 0 N–H and O–H groups in total. The molecule has 0 aliphatic carbocycles. The highest BCUT2D eigenvalue weighted by Crippen LogP contribution is 2.30. The van der Waals surface area contributed by atoms with Crippen molar-refractivity contribution < 1.29 is 28.5 Å². The third-order valence-electron chi connectivity index (χ3n) is 4.91. The molecule has 1 aromatic heterocycles. The Balaban J connectivity index is 1.68. The van der Waals surface area contributed by atoms with Gasteiger partial charge in [-0.25, -0.2) is 4.79 Å². The van der Waals surface area contributed by atoms with Crippen molar-refractivity contribution >= 4 is 28.3 Å². The van der Waals surface area contributed by atoms with Crippen molar-refractivity contribution in [1.82, 2.24) is 0 Å². The Morgan fingerprint density at radius 2 is 1.59 bits per heavy atom. The SMILES string of the molecule is COc1ccccc1-c1coc2cc(OC(=O)c3cc([N+](=O)[O-])cc([N+](=O)[O-])c3)ccc2c1=O. The molecule has 0 aliphatic heterocycles. The van der Waals surface area contributed by atoms with Crippen LogP contribution in [0.5, 0.6) is 11.5 Å². The minimum Gasteiger partial charge on any atom is -0.496 e. The molecule has 0 atom stereocenters. The average molecular weight is 462 g/mol. The van der Waals surface area contributed by atoms with Gasteiger partial charge < -0.3 is 13.9 Å². The fourth-order valence-corrected chi connectivity index (χ4v) is 3.31. The first-order valence-electron chi connectivity index (χ1n) is 9.63. The van der Waals surface area contributed by atoms with Crippen LogP contribution >= 0.6 is 0 Å². The van der Waals surface area contributed by atoms with Crippen molar-refractivity contribution in [3.05, 3.63) is 103 Å². The number of carbonyl (C=O) groups is 1. The highest BCUT2D eigenvalue weighted by Gasteiger charge is 2.21. The molecule has 4 aromatic rings. The Labute approximate surface area is 190 Å². The van der Waals surface area contributed by atoms with Gasteiger partial charge in [-0.3, -0.25) is 25.0 Å². The van der Waals surface area contributed by atoms with Gasteiger partial charge in [-0.05, 0) is 18.2 Å². The number of hydrogen-bond donors (Lipinski definition) is 0. The number of benzene rings is 3.